The quantitative estimate of drug-likeness (QED) is 0.783. The molecule has 25 heavy (non-hydrogen) atoms. The van der Waals surface area contributed by atoms with E-state index in [0.717, 1.165) is 42.7 Å². The van der Waals surface area contributed by atoms with Gasteiger partial charge < -0.3 is 14.8 Å². The Balaban J connectivity index is 1.57. The number of benzene rings is 1. The van der Waals surface area contributed by atoms with Gasteiger partial charge in [-0.25, -0.2) is 15.1 Å². The molecule has 7 heteroatoms. The summed E-state index contributed by atoms with van der Waals surface area (Å²) in [6, 6.07) is 7.43. The maximum absolute atomic E-state index is 12.1. The number of nitrogens with one attached hydrogen (secondary N) is 2. The second-order valence-electron chi connectivity index (χ2n) is 6.57. The molecule has 0 aromatic heterocycles. The van der Waals surface area contributed by atoms with Crippen LogP contribution < -0.4 is 10.8 Å². The van der Waals surface area contributed by atoms with Gasteiger partial charge in [0, 0.05) is 43.2 Å². The number of carbonyl (C=O) groups excluding carboxylic acids is 1. The normalized spacial score (nSPS) is 23.0. The number of hydrogen-bond donors (Lipinski definition) is 2. The van der Waals surface area contributed by atoms with Gasteiger partial charge in [0.25, 0.3) is 0 Å². The Morgan fingerprint density at radius 3 is 2.76 bits per heavy atom. The molecule has 138 valence electrons. The predicted octanol–water partition coefficient (Wildman–Crippen LogP) is 3.15. The Hall–Kier alpha value is -1.34. The maximum atomic E-state index is 12.1. The molecule has 0 unspecified atom stereocenters. The van der Waals surface area contributed by atoms with Crippen molar-refractivity contribution in [1.82, 2.24) is 10.8 Å². The Morgan fingerprint density at radius 2 is 2.04 bits per heavy atom. The van der Waals surface area contributed by atoms with Crippen LogP contribution in [-0.4, -0.2) is 38.7 Å². The summed E-state index contributed by atoms with van der Waals surface area (Å²) in [6.45, 7) is 2.45. The van der Waals surface area contributed by atoms with Crippen LogP contribution in [0.3, 0.4) is 0 Å². The molecule has 2 aliphatic rings. The summed E-state index contributed by atoms with van der Waals surface area (Å²) in [5.41, 5.74) is 3.26. The Bertz CT molecular complexity index is 572. The molecule has 0 aliphatic carbocycles. The van der Waals surface area contributed by atoms with Gasteiger partial charge in [-0.3, -0.25) is 0 Å². The van der Waals surface area contributed by atoms with Gasteiger partial charge in [-0.15, -0.1) is 0 Å². The lowest BCUT2D eigenvalue weighted by atomic mass is 9.74. The zero-order valence-corrected chi connectivity index (χ0v) is 15.0. The van der Waals surface area contributed by atoms with Gasteiger partial charge in [0.2, 0.25) is 0 Å². The van der Waals surface area contributed by atoms with E-state index in [1.807, 2.05) is 24.3 Å². The summed E-state index contributed by atoms with van der Waals surface area (Å²) in [4.78, 5) is 17.4. The average Bonchev–Trinajstić information content (AvgIpc) is 2.67. The molecular weight excluding hydrogens is 344 g/mol. The lowest BCUT2D eigenvalue weighted by Gasteiger charge is -2.38. The molecule has 2 saturated heterocycles. The molecule has 0 radical (unpaired) electrons. The van der Waals surface area contributed by atoms with Crippen LogP contribution in [0.4, 0.5) is 4.79 Å². The van der Waals surface area contributed by atoms with E-state index < -0.39 is 0 Å². The molecular formula is C18H25ClN2O4. The summed E-state index contributed by atoms with van der Waals surface area (Å²) in [7, 11) is 0. The van der Waals surface area contributed by atoms with Crippen molar-refractivity contribution in [3.63, 3.8) is 0 Å². The summed E-state index contributed by atoms with van der Waals surface area (Å²) in [6.07, 6.45) is 4.13. The van der Waals surface area contributed by atoms with Crippen molar-refractivity contribution in [2.75, 3.05) is 26.4 Å². The van der Waals surface area contributed by atoms with Crippen LogP contribution in [0.2, 0.25) is 5.02 Å². The summed E-state index contributed by atoms with van der Waals surface area (Å²) in [5.74, 6) is 0. The third-order valence-corrected chi connectivity index (χ3v) is 5.23. The second-order valence-corrected chi connectivity index (χ2v) is 6.98. The molecule has 2 aliphatic heterocycles. The number of hydrogen-bond acceptors (Lipinski definition) is 4. The van der Waals surface area contributed by atoms with E-state index in [4.69, 9.17) is 25.9 Å². The molecule has 2 heterocycles. The van der Waals surface area contributed by atoms with Gasteiger partial charge in [-0.05, 0) is 37.3 Å². The first-order valence-corrected chi connectivity index (χ1v) is 9.21. The third kappa shape index (κ3) is 4.85. The van der Waals surface area contributed by atoms with E-state index in [-0.39, 0.29) is 17.7 Å². The zero-order valence-electron chi connectivity index (χ0n) is 14.3. The van der Waals surface area contributed by atoms with Crippen LogP contribution in [0.15, 0.2) is 24.3 Å². The number of carbonyl (C=O) groups is 1. The molecule has 1 aromatic carbocycles. The first-order chi connectivity index (χ1) is 12.2. The number of amides is 2. The van der Waals surface area contributed by atoms with E-state index in [0.29, 0.717) is 26.4 Å². The second kappa shape index (κ2) is 8.85. The number of hydroxylamine groups is 1. The number of halogens is 1. The van der Waals surface area contributed by atoms with Crippen LogP contribution in [0, 0.1) is 0 Å². The first-order valence-electron chi connectivity index (χ1n) is 8.83. The minimum absolute atomic E-state index is 0.227. The standard InChI is InChI=1S/C18H25ClN2O4/c19-15-6-2-1-5-14(15)18(8-11-23-12-9-18)13-20-17(22)21-25-16-7-3-4-10-24-16/h1-2,5-6,16H,3-4,7-13H2,(H2,20,21,22)/t16-/m1/s1. The SMILES string of the molecule is O=C(NCC1(c2ccccc2Cl)CCOCC1)NO[C@@H]1CCCCO1. The zero-order chi connectivity index (χ0) is 17.5. The van der Waals surface area contributed by atoms with Gasteiger partial charge in [0.15, 0.2) is 6.29 Å². The van der Waals surface area contributed by atoms with E-state index >= 15 is 0 Å². The van der Waals surface area contributed by atoms with Crippen LogP contribution in [0.5, 0.6) is 0 Å². The molecule has 1 atom stereocenters. The lowest BCUT2D eigenvalue weighted by molar-refractivity contribution is -0.186. The Morgan fingerprint density at radius 1 is 1.24 bits per heavy atom. The monoisotopic (exact) mass is 368 g/mol. The van der Waals surface area contributed by atoms with Crippen molar-refractivity contribution < 1.29 is 19.1 Å². The van der Waals surface area contributed by atoms with E-state index in [2.05, 4.69) is 10.8 Å². The predicted molar refractivity (Wildman–Crippen MR) is 94.4 cm³/mol. The van der Waals surface area contributed by atoms with Gasteiger partial charge in [0.05, 0.1) is 0 Å². The van der Waals surface area contributed by atoms with Crippen molar-refractivity contribution in [2.45, 2.75) is 43.8 Å². The topological polar surface area (TPSA) is 68.8 Å². The van der Waals surface area contributed by atoms with Crippen LogP contribution in [0.25, 0.3) is 0 Å². The van der Waals surface area contributed by atoms with Gasteiger partial charge >= 0.3 is 6.03 Å². The van der Waals surface area contributed by atoms with Crippen molar-refractivity contribution in [3.05, 3.63) is 34.9 Å². The Kier molecular flexibility index (Phi) is 6.53. The average molecular weight is 369 g/mol. The van der Waals surface area contributed by atoms with Gasteiger partial charge in [-0.2, -0.15) is 0 Å². The molecule has 3 rings (SSSR count). The van der Waals surface area contributed by atoms with Gasteiger partial charge in [-0.1, -0.05) is 29.8 Å². The fourth-order valence-corrected chi connectivity index (χ4v) is 3.74. The highest BCUT2D eigenvalue weighted by molar-refractivity contribution is 6.31. The highest BCUT2D eigenvalue weighted by Gasteiger charge is 2.36. The summed E-state index contributed by atoms with van der Waals surface area (Å²) < 4.78 is 10.9. The van der Waals surface area contributed by atoms with Crippen LogP contribution >= 0.6 is 11.6 Å². The number of ether oxygens (including phenoxy) is 2. The smallest absolute Gasteiger partial charge is 0.338 e. The van der Waals surface area contributed by atoms with Crippen molar-refractivity contribution in [2.24, 2.45) is 0 Å². The summed E-state index contributed by atoms with van der Waals surface area (Å²) >= 11 is 6.41. The van der Waals surface area contributed by atoms with Gasteiger partial charge in [0.1, 0.15) is 0 Å². The van der Waals surface area contributed by atoms with Crippen molar-refractivity contribution in [3.8, 4) is 0 Å². The Labute approximate surface area is 153 Å². The highest BCUT2D eigenvalue weighted by atomic mass is 35.5. The van der Waals surface area contributed by atoms with Crippen LogP contribution in [-0.2, 0) is 19.7 Å². The third-order valence-electron chi connectivity index (χ3n) is 4.90. The van der Waals surface area contributed by atoms with E-state index in [9.17, 15) is 4.79 Å². The van der Waals surface area contributed by atoms with Crippen LogP contribution in [0.1, 0.15) is 37.7 Å². The molecule has 2 amide bonds. The summed E-state index contributed by atoms with van der Waals surface area (Å²) in [5, 5.41) is 3.63. The highest BCUT2D eigenvalue weighted by Crippen LogP contribution is 2.38. The van der Waals surface area contributed by atoms with E-state index in [1.165, 1.54) is 0 Å². The lowest BCUT2D eigenvalue weighted by Crippen LogP contribution is -2.48. The molecule has 1 aromatic rings. The minimum Gasteiger partial charge on any atom is -0.381 e. The molecule has 2 N–H and O–H groups in total. The molecule has 0 saturated carbocycles. The minimum atomic E-state index is -0.368. The number of rotatable bonds is 5. The number of urea groups is 1. The van der Waals surface area contributed by atoms with Crippen molar-refractivity contribution >= 4 is 17.6 Å². The molecule has 0 spiro atoms. The van der Waals surface area contributed by atoms with E-state index in [1.54, 1.807) is 0 Å². The molecule has 2 fully saturated rings. The first kappa shape index (κ1) is 18.5. The largest absolute Gasteiger partial charge is 0.381 e. The fraction of sp³-hybridized carbons (Fsp3) is 0.611. The van der Waals surface area contributed by atoms with Crippen molar-refractivity contribution in [1.29, 1.82) is 0 Å². The molecule has 6 nitrogen and oxygen atoms in total. The molecule has 0 bridgehead atoms. The maximum Gasteiger partial charge on any atom is 0.338 e. The fourth-order valence-electron chi connectivity index (χ4n) is 3.40.